The van der Waals surface area contributed by atoms with E-state index in [1.165, 1.54) is 24.2 Å². The minimum Gasteiger partial charge on any atom is -0.447 e. The molecule has 1 aliphatic heterocycles. The number of ether oxygens (including phenoxy) is 1. The van der Waals surface area contributed by atoms with Crippen LogP contribution < -0.4 is 15.5 Å². The van der Waals surface area contributed by atoms with Crippen LogP contribution in [-0.4, -0.2) is 54.4 Å². The predicted octanol–water partition coefficient (Wildman–Crippen LogP) is 3.68. The number of hydrogen-bond donors (Lipinski definition) is 3. The Morgan fingerprint density at radius 3 is 2.61 bits per heavy atom. The quantitative estimate of drug-likeness (QED) is 0.444. The van der Waals surface area contributed by atoms with Crippen LogP contribution >= 0.6 is 0 Å². The number of aliphatic hydroxyl groups excluding tert-OH is 1. The molecule has 3 N–H and O–H groups in total. The first-order valence-corrected chi connectivity index (χ1v) is 13.7. The maximum atomic E-state index is 13.3. The Morgan fingerprint density at radius 1 is 1.11 bits per heavy atom. The fraction of sp³-hybridized carbons (Fsp3) is 0.500. The minimum atomic E-state index is -0.920. The van der Waals surface area contributed by atoms with E-state index < -0.39 is 18.2 Å². The summed E-state index contributed by atoms with van der Waals surface area (Å²) in [6.45, 7) is 2.58. The van der Waals surface area contributed by atoms with Gasteiger partial charge in [0.2, 0.25) is 5.91 Å². The maximum Gasteiger partial charge on any atom is 0.414 e. The van der Waals surface area contributed by atoms with Gasteiger partial charge in [-0.2, -0.15) is 0 Å². The molecule has 2 aliphatic carbocycles. The largest absolute Gasteiger partial charge is 0.447 e. The van der Waals surface area contributed by atoms with Crippen LogP contribution in [0.25, 0.3) is 0 Å². The standard InChI is InChI=1S/C30H37N3O5/c1-19(28(35)31-25-17-21-10-11-22(25)15-21)14-27(34)26(16-20-6-3-2-4-7-20)32-29(36)23-8-5-9-24(18-23)33-12-13-38-30(33)37/h2-9,18-19,21-22,25-27,34H,10-17H2,1H3,(H,31,35)(H,32,36)/t19-,21?,22?,25?,26+,27?/m1/s1. The summed E-state index contributed by atoms with van der Waals surface area (Å²) >= 11 is 0. The van der Waals surface area contributed by atoms with Gasteiger partial charge in [0.1, 0.15) is 6.61 Å². The van der Waals surface area contributed by atoms with Gasteiger partial charge in [-0.15, -0.1) is 0 Å². The van der Waals surface area contributed by atoms with Crippen LogP contribution in [0.15, 0.2) is 54.6 Å². The normalized spacial score (nSPS) is 24.5. The molecule has 5 rings (SSSR count). The van der Waals surface area contributed by atoms with Gasteiger partial charge in [0.05, 0.1) is 18.7 Å². The number of carbonyl (C=O) groups is 3. The van der Waals surface area contributed by atoms with Gasteiger partial charge in [0.15, 0.2) is 0 Å². The molecule has 0 radical (unpaired) electrons. The van der Waals surface area contributed by atoms with Crippen LogP contribution in [0.2, 0.25) is 0 Å². The molecule has 2 bridgehead atoms. The number of nitrogens with zero attached hydrogens (tertiary/aromatic N) is 1. The Hall–Kier alpha value is -3.39. The van der Waals surface area contributed by atoms with E-state index in [0.717, 1.165) is 17.9 Å². The molecule has 8 nitrogen and oxygen atoms in total. The lowest BCUT2D eigenvalue weighted by Crippen LogP contribution is -2.47. The number of hydrogen-bond acceptors (Lipinski definition) is 5. The van der Waals surface area contributed by atoms with E-state index in [0.29, 0.717) is 36.7 Å². The van der Waals surface area contributed by atoms with Crippen LogP contribution in [0.1, 0.15) is 54.9 Å². The third-order valence-corrected chi connectivity index (χ3v) is 8.37. The van der Waals surface area contributed by atoms with E-state index in [1.54, 1.807) is 24.3 Å². The Kier molecular flexibility index (Phi) is 7.98. The highest BCUT2D eigenvalue weighted by Crippen LogP contribution is 2.44. The van der Waals surface area contributed by atoms with Gasteiger partial charge in [0, 0.05) is 23.2 Å². The predicted molar refractivity (Wildman–Crippen MR) is 144 cm³/mol. The van der Waals surface area contributed by atoms with Gasteiger partial charge >= 0.3 is 6.09 Å². The van der Waals surface area contributed by atoms with E-state index in [4.69, 9.17) is 4.74 Å². The van der Waals surface area contributed by atoms with Gasteiger partial charge < -0.3 is 20.5 Å². The summed E-state index contributed by atoms with van der Waals surface area (Å²) < 4.78 is 5.02. The zero-order chi connectivity index (χ0) is 26.6. The van der Waals surface area contributed by atoms with Crippen LogP contribution in [0.5, 0.6) is 0 Å². The number of aliphatic hydroxyl groups is 1. The first kappa shape index (κ1) is 26.2. The Labute approximate surface area is 223 Å². The van der Waals surface area contributed by atoms with Crippen molar-refractivity contribution in [2.45, 2.75) is 63.6 Å². The zero-order valence-corrected chi connectivity index (χ0v) is 21.8. The number of anilines is 1. The molecular weight excluding hydrogens is 482 g/mol. The lowest BCUT2D eigenvalue weighted by molar-refractivity contribution is -0.126. The number of rotatable bonds is 10. The van der Waals surface area contributed by atoms with Crippen molar-refractivity contribution in [2.24, 2.45) is 17.8 Å². The van der Waals surface area contributed by atoms with Crippen molar-refractivity contribution in [3.8, 4) is 0 Å². The highest BCUT2D eigenvalue weighted by Gasteiger charge is 2.40. The average molecular weight is 520 g/mol. The molecule has 6 atom stereocenters. The van der Waals surface area contributed by atoms with Crippen molar-refractivity contribution >= 4 is 23.6 Å². The van der Waals surface area contributed by atoms with Crippen molar-refractivity contribution in [3.63, 3.8) is 0 Å². The topological polar surface area (TPSA) is 108 Å². The summed E-state index contributed by atoms with van der Waals surface area (Å²) in [6.07, 6.45) is 4.06. The monoisotopic (exact) mass is 519 g/mol. The van der Waals surface area contributed by atoms with Gasteiger partial charge in [-0.05, 0) is 67.7 Å². The number of cyclic esters (lactones) is 1. The summed E-state index contributed by atoms with van der Waals surface area (Å²) in [5.74, 6) is 0.564. The van der Waals surface area contributed by atoms with E-state index in [1.807, 2.05) is 37.3 Å². The van der Waals surface area contributed by atoms with Crippen LogP contribution in [0, 0.1) is 17.8 Å². The second-order valence-corrected chi connectivity index (χ2v) is 11.1. The maximum absolute atomic E-state index is 13.3. The molecule has 4 unspecified atom stereocenters. The summed E-state index contributed by atoms with van der Waals surface area (Å²) in [6, 6.07) is 16.1. The Balaban J connectivity index is 1.25. The van der Waals surface area contributed by atoms with Crippen molar-refractivity contribution in [2.75, 3.05) is 18.1 Å². The lowest BCUT2D eigenvalue weighted by atomic mass is 9.92. The third kappa shape index (κ3) is 6.01. The van der Waals surface area contributed by atoms with Crippen LogP contribution in [0.4, 0.5) is 10.5 Å². The average Bonchev–Trinajstić information content (AvgIpc) is 3.66. The number of amides is 3. The Morgan fingerprint density at radius 2 is 1.92 bits per heavy atom. The summed E-state index contributed by atoms with van der Waals surface area (Å²) in [4.78, 5) is 39.7. The van der Waals surface area contributed by atoms with E-state index in [9.17, 15) is 19.5 Å². The molecule has 1 saturated heterocycles. The molecule has 0 spiro atoms. The fourth-order valence-corrected chi connectivity index (χ4v) is 6.23. The molecular formula is C30H37N3O5. The fourth-order valence-electron chi connectivity index (χ4n) is 6.23. The second kappa shape index (κ2) is 11.6. The van der Waals surface area contributed by atoms with E-state index >= 15 is 0 Å². The minimum absolute atomic E-state index is 0.0309. The molecule has 202 valence electrons. The molecule has 2 aromatic carbocycles. The second-order valence-electron chi connectivity index (χ2n) is 11.1. The van der Waals surface area contributed by atoms with Gasteiger partial charge in [-0.25, -0.2) is 4.79 Å². The zero-order valence-electron chi connectivity index (χ0n) is 21.8. The van der Waals surface area contributed by atoms with E-state index in [2.05, 4.69) is 10.6 Å². The first-order chi connectivity index (χ1) is 18.4. The van der Waals surface area contributed by atoms with Crippen molar-refractivity contribution < 1.29 is 24.2 Å². The third-order valence-electron chi connectivity index (χ3n) is 8.37. The molecule has 3 aliphatic rings. The first-order valence-electron chi connectivity index (χ1n) is 13.7. The van der Waals surface area contributed by atoms with Crippen LogP contribution in [0.3, 0.4) is 0 Å². The number of fused-ring (bicyclic) bond motifs is 2. The molecule has 2 saturated carbocycles. The molecule has 1 heterocycles. The Bertz CT molecular complexity index is 1160. The molecule has 3 amide bonds. The molecule has 8 heteroatoms. The number of nitrogens with one attached hydrogen (secondary N) is 2. The smallest absolute Gasteiger partial charge is 0.414 e. The van der Waals surface area contributed by atoms with E-state index in [-0.39, 0.29) is 30.2 Å². The van der Waals surface area contributed by atoms with Crippen molar-refractivity contribution in [1.29, 1.82) is 0 Å². The van der Waals surface area contributed by atoms with Crippen LogP contribution in [-0.2, 0) is 16.0 Å². The number of carbonyl (C=O) groups excluding carboxylic acids is 3. The lowest BCUT2D eigenvalue weighted by Gasteiger charge is -2.28. The molecule has 0 aromatic heterocycles. The van der Waals surface area contributed by atoms with Gasteiger partial charge in [-0.1, -0.05) is 49.7 Å². The van der Waals surface area contributed by atoms with Gasteiger partial charge in [0.25, 0.3) is 5.91 Å². The van der Waals surface area contributed by atoms with Gasteiger partial charge in [-0.3, -0.25) is 14.5 Å². The highest BCUT2D eigenvalue weighted by molar-refractivity contribution is 5.97. The number of benzene rings is 2. The SMILES string of the molecule is C[C@H](CC(O)[C@H](Cc1ccccc1)NC(=O)c1cccc(N2CCOC2=O)c1)C(=O)NC1CC2CCC1C2. The molecule has 38 heavy (non-hydrogen) atoms. The highest BCUT2D eigenvalue weighted by atomic mass is 16.6. The summed E-state index contributed by atoms with van der Waals surface area (Å²) in [5, 5.41) is 17.5. The van der Waals surface area contributed by atoms with Crippen molar-refractivity contribution in [3.05, 3.63) is 65.7 Å². The summed E-state index contributed by atoms with van der Waals surface area (Å²) in [7, 11) is 0. The molecule has 2 aromatic rings. The molecule has 3 fully saturated rings. The van der Waals surface area contributed by atoms with Crippen molar-refractivity contribution in [1.82, 2.24) is 10.6 Å². The summed E-state index contributed by atoms with van der Waals surface area (Å²) in [5.41, 5.74) is 1.95.